The lowest BCUT2D eigenvalue weighted by molar-refractivity contribution is 0.271. The quantitative estimate of drug-likeness (QED) is 0.787. The second kappa shape index (κ2) is 6.78. The third kappa shape index (κ3) is 4.40. The molecule has 0 radical (unpaired) electrons. The van der Waals surface area contributed by atoms with Gasteiger partial charge in [0.25, 0.3) is 0 Å². The molecule has 0 aliphatic heterocycles. The van der Waals surface area contributed by atoms with Gasteiger partial charge in [0, 0.05) is 11.1 Å². The van der Waals surface area contributed by atoms with Gasteiger partial charge in [0.15, 0.2) is 5.13 Å². The molecule has 0 spiro atoms. The monoisotopic (exact) mass is 296 g/mol. The molecule has 5 heteroatoms. The van der Waals surface area contributed by atoms with Crippen molar-refractivity contribution in [1.82, 2.24) is 4.98 Å². The van der Waals surface area contributed by atoms with Crippen LogP contribution in [0.15, 0.2) is 29.6 Å². The molecule has 0 saturated carbocycles. The molecule has 0 aliphatic rings. The Labute approximate surface area is 122 Å². The van der Waals surface area contributed by atoms with E-state index in [1.165, 1.54) is 0 Å². The molecule has 0 saturated heterocycles. The van der Waals surface area contributed by atoms with Gasteiger partial charge in [0.05, 0.1) is 18.2 Å². The third-order valence-corrected chi connectivity index (χ3v) is 3.46. The molecular weight excluding hydrogens is 280 g/mol. The molecule has 0 aliphatic carbocycles. The lowest BCUT2D eigenvalue weighted by Crippen LogP contribution is -2.04. The van der Waals surface area contributed by atoms with Crippen LogP contribution in [0.4, 0.5) is 10.8 Å². The Morgan fingerprint density at radius 3 is 2.63 bits per heavy atom. The number of thiazole rings is 1. The number of nitrogens with one attached hydrogen (secondary N) is 1. The topological polar surface area (TPSA) is 34.1 Å². The number of ether oxygens (including phenoxy) is 1. The van der Waals surface area contributed by atoms with Crippen molar-refractivity contribution in [2.75, 3.05) is 11.9 Å². The average Bonchev–Trinajstić information content (AvgIpc) is 2.85. The van der Waals surface area contributed by atoms with Crippen molar-refractivity contribution in [3.63, 3.8) is 0 Å². The molecule has 2 rings (SSSR count). The van der Waals surface area contributed by atoms with E-state index in [0.29, 0.717) is 11.8 Å². The number of anilines is 2. The summed E-state index contributed by atoms with van der Waals surface area (Å²) in [6, 6.07) is 7.89. The summed E-state index contributed by atoms with van der Waals surface area (Å²) in [7, 11) is 0. The van der Waals surface area contributed by atoms with E-state index in [4.69, 9.17) is 16.3 Å². The number of hydrogen-bond donors (Lipinski definition) is 1. The molecule has 102 valence electrons. The highest BCUT2D eigenvalue weighted by Crippen LogP contribution is 2.23. The number of hydrogen-bond acceptors (Lipinski definition) is 4. The van der Waals surface area contributed by atoms with Crippen molar-refractivity contribution in [3.8, 4) is 5.75 Å². The van der Waals surface area contributed by atoms with E-state index in [2.05, 4.69) is 24.1 Å². The fraction of sp³-hybridized carbons (Fsp3) is 0.357. The average molecular weight is 297 g/mol. The van der Waals surface area contributed by atoms with Crippen molar-refractivity contribution in [3.05, 3.63) is 35.3 Å². The van der Waals surface area contributed by atoms with Gasteiger partial charge in [-0.1, -0.05) is 13.8 Å². The Bertz CT molecular complexity index is 510. The van der Waals surface area contributed by atoms with E-state index in [1.54, 1.807) is 11.3 Å². The van der Waals surface area contributed by atoms with Crippen LogP contribution in [0, 0.1) is 5.92 Å². The first-order chi connectivity index (χ1) is 9.17. The number of benzene rings is 1. The SMILES string of the molecule is CC(C)COc1ccc(Nc2nc(CCl)cs2)cc1. The molecular formula is C14H17ClN2OS. The smallest absolute Gasteiger partial charge is 0.187 e. The van der Waals surface area contributed by atoms with E-state index in [1.807, 2.05) is 29.6 Å². The standard InChI is InChI=1S/C14H17ClN2OS/c1-10(2)8-18-13-5-3-11(4-6-13)16-14-17-12(7-15)9-19-14/h3-6,9-10H,7-8H2,1-2H3,(H,16,17). The van der Waals surface area contributed by atoms with Crippen LogP contribution < -0.4 is 10.1 Å². The van der Waals surface area contributed by atoms with Crippen molar-refractivity contribution >= 4 is 33.8 Å². The first kappa shape index (κ1) is 14.2. The van der Waals surface area contributed by atoms with Crippen LogP contribution in [0.2, 0.25) is 0 Å². The normalized spacial score (nSPS) is 10.7. The van der Waals surface area contributed by atoms with E-state index in [0.717, 1.165) is 28.9 Å². The van der Waals surface area contributed by atoms with Crippen LogP contribution in [-0.2, 0) is 5.88 Å². The minimum atomic E-state index is 0.445. The fourth-order valence-corrected chi connectivity index (χ4v) is 2.41. The second-order valence-corrected chi connectivity index (χ2v) is 5.76. The van der Waals surface area contributed by atoms with Crippen molar-refractivity contribution in [1.29, 1.82) is 0 Å². The van der Waals surface area contributed by atoms with E-state index in [9.17, 15) is 0 Å². The number of halogens is 1. The summed E-state index contributed by atoms with van der Waals surface area (Å²) in [6.07, 6.45) is 0. The number of rotatable bonds is 6. The van der Waals surface area contributed by atoms with Gasteiger partial charge in [-0.25, -0.2) is 4.98 Å². The predicted molar refractivity (Wildman–Crippen MR) is 81.7 cm³/mol. The minimum Gasteiger partial charge on any atom is -0.493 e. The van der Waals surface area contributed by atoms with Crippen LogP contribution >= 0.6 is 22.9 Å². The molecule has 0 bridgehead atoms. The van der Waals surface area contributed by atoms with Crippen LogP contribution in [0.25, 0.3) is 0 Å². The molecule has 19 heavy (non-hydrogen) atoms. The molecule has 3 nitrogen and oxygen atoms in total. The molecule has 0 unspecified atom stereocenters. The summed E-state index contributed by atoms with van der Waals surface area (Å²) in [4.78, 5) is 4.35. The summed E-state index contributed by atoms with van der Waals surface area (Å²) in [5.41, 5.74) is 1.89. The Kier molecular flexibility index (Phi) is 5.05. The third-order valence-electron chi connectivity index (χ3n) is 2.38. The number of alkyl halides is 1. The van der Waals surface area contributed by atoms with Crippen molar-refractivity contribution in [2.24, 2.45) is 5.92 Å². The molecule has 0 fully saturated rings. The van der Waals surface area contributed by atoms with Crippen LogP contribution in [0.1, 0.15) is 19.5 Å². The Balaban J connectivity index is 1.94. The van der Waals surface area contributed by atoms with Gasteiger partial charge in [-0.3, -0.25) is 0 Å². The van der Waals surface area contributed by atoms with Gasteiger partial charge in [-0.05, 0) is 30.2 Å². The maximum atomic E-state index is 5.72. The maximum absolute atomic E-state index is 5.72. The molecule has 1 N–H and O–H groups in total. The van der Waals surface area contributed by atoms with Gasteiger partial charge < -0.3 is 10.1 Å². The summed E-state index contributed by atoms with van der Waals surface area (Å²) >= 11 is 7.27. The van der Waals surface area contributed by atoms with E-state index >= 15 is 0 Å². The number of aromatic nitrogens is 1. The van der Waals surface area contributed by atoms with Crippen molar-refractivity contribution in [2.45, 2.75) is 19.7 Å². The summed E-state index contributed by atoms with van der Waals surface area (Å²) in [5, 5.41) is 6.05. The van der Waals surface area contributed by atoms with Gasteiger partial charge in [0.1, 0.15) is 5.75 Å². The summed E-state index contributed by atoms with van der Waals surface area (Å²) in [5.74, 6) is 1.86. The zero-order chi connectivity index (χ0) is 13.7. The zero-order valence-corrected chi connectivity index (χ0v) is 12.6. The first-order valence-corrected chi connectivity index (χ1v) is 7.59. The molecule has 1 aromatic heterocycles. The summed E-state index contributed by atoms with van der Waals surface area (Å²) < 4.78 is 5.64. The minimum absolute atomic E-state index is 0.445. The van der Waals surface area contributed by atoms with Gasteiger partial charge in [-0.15, -0.1) is 22.9 Å². The van der Waals surface area contributed by atoms with Crippen LogP contribution in [0.3, 0.4) is 0 Å². The highest BCUT2D eigenvalue weighted by Gasteiger charge is 2.02. The Hall–Kier alpha value is -1.26. The maximum Gasteiger partial charge on any atom is 0.187 e. The molecule has 0 atom stereocenters. The highest BCUT2D eigenvalue weighted by molar-refractivity contribution is 7.13. The second-order valence-electron chi connectivity index (χ2n) is 4.63. The molecule has 2 aromatic rings. The van der Waals surface area contributed by atoms with E-state index < -0.39 is 0 Å². The molecule has 1 aromatic carbocycles. The zero-order valence-electron chi connectivity index (χ0n) is 11.0. The number of nitrogens with zero attached hydrogens (tertiary/aromatic N) is 1. The Morgan fingerprint density at radius 1 is 1.32 bits per heavy atom. The fourth-order valence-electron chi connectivity index (χ4n) is 1.45. The predicted octanol–water partition coefficient (Wildman–Crippen LogP) is 4.66. The lowest BCUT2D eigenvalue weighted by atomic mass is 10.2. The lowest BCUT2D eigenvalue weighted by Gasteiger charge is -2.09. The van der Waals surface area contributed by atoms with Crippen LogP contribution in [-0.4, -0.2) is 11.6 Å². The Morgan fingerprint density at radius 2 is 2.05 bits per heavy atom. The van der Waals surface area contributed by atoms with Crippen LogP contribution in [0.5, 0.6) is 5.75 Å². The summed E-state index contributed by atoms with van der Waals surface area (Å²) in [6.45, 7) is 5.00. The first-order valence-electron chi connectivity index (χ1n) is 6.17. The van der Waals surface area contributed by atoms with E-state index in [-0.39, 0.29) is 0 Å². The molecule has 1 heterocycles. The largest absolute Gasteiger partial charge is 0.493 e. The van der Waals surface area contributed by atoms with Gasteiger partial charge >= 0.3 is 0 Å². The van der Waals surface area contributed by atoms with Crippen molar-refractivity contribution < 1.29 is 4.74 Å². The molecule has 0 amide bonds. The van der Waals surface area contributed by atoms with Gasteiger partial charge in [-0.2, -0.15) is 0 Å². The van der Waals surface area contributed by atoms with Gasteiger partial charge in [0.2, 0.25) is 0 Å². The highest BCUT2D eigenvalue weighted by atomic mass is 35.5.